The molecular weight excluding hydrogens is 517 g/mol. The van der Waals surface area contributed by atoms with Crippen molar-refractivity contribution in [3.05, 3.63) is 106 Å². The van der Waals surface area contributed by atoms with Crippen molar-refractivity contribution in [1.29, 1.82) is 0 Å². The van der Waals surface area contributed by atoms with E-state index in [1.165, 1.54) is 6.07 Å². The van der Waals surface area contributed by atoms with Gasteiger partial charge in [0.25, 0.3) is 0 Å². The lowest BCUT2D eigenvalue weighted by atomic mass is 9.96. The van der Waals surface area contributed by atoms with Gasteiger partial charge < -0.3 is 9.64 Å². The van der Waals surface area contributed by atoms with Crippen LogP contribution in [0, 0.1) is 5.82 Å². The number of hydrogen-bond donors (Lipinski definition) is 0. The number of Topliss-reactive ketones (excluding diaryl/α,β-unsaturated/α-hetero) is 2. The second-order valence-electron chi connectivity index (χ2n) is 11.0. The fourth-order valence-corrected chi connectivity index (χ4v) is 5.70. The summed E-state index contributed by atoms with van der Waals surface area (Å²) in [4.78, 5) is 35.8. The maximum Gasteiger partial charge on any atom is 0.167 e. The van der Waals surface area contributed by atoms with E-state index in [-0.39, 0.29) is 30.0 Å². The quantitative estimate of drug-likeness (QED) is 0.263. The molecule has 0 saturated carbocycles. The number of ether oxygens (including phenoxy) is 1. The SMILES string of the molecule is CCN1CCN(Cc2ccc3cc(C(=O)Cc4cc(CC(=O)c5ccc6c(c5)OCC6)ccc4F)ccc3n2)CC1. The van der Waals surface area contributed by atoms with Gasteiger partial charge in [-0.3, -0.25) is 19.5 Å². The van der Waals surface area contributed by atoms with Gasteiger partial charge in [-0.2, -0.15) is 0 Å². The first kappa shape index (κ1) is 27.2. The van der Waals surface area contributed by atoms with Gasteiger partial charge in [0.2, 0.25) is 0 Å². The lowest BCUT2D eigenvalue weighted by Gasteiger charge is -2.33. The van der Waals surface area contributed by atoms with Crippen LogP contribution in [0.5, 0.6) is 5.75 Å². The van der Waals surface area contributed by atoms with E-state index < -0.39 is 5.82 Å². The van der Waals surface area contributed by atoms with Crippen LogP contribution in [0.3, 0.4) is 0 Å². The Morgan fingerprint density at radius 1 is 0.854 bits per heavy atom. The molecule has 4 aromatic rings. The van der Waals surface area contributed by atoms with Crippen LogP contribution < -0.4 is 4.74 Å². The number of rotatable bonds is 9. The first-order valence-electron chi connectivity index (χ1n) is 14.4. The molecule has 1 aromatic heterocycles. The van der Waals surface area contributed by atoms with Gasteiger partial charge in [-0.1, -0.05) is 37.3 Å². The second-order valence-corrected chi connectivity index (χ2v) is 11.0. The molecule has 3 aromatic carbocycles. The van der Waals surface area contributed by atoms with Gasteiger partial charge >= 0.3 is 0 Å². The summed E-state index contributed by atoms with van der Waals surface area (Å²) in [6.45, 7) is 8.97. The molecular formula is C34H34FN3O3. The molecule has 1 saturated heterocycles. The lowest BCUT2D eigenvalue weighted by molar-refractivity contribution is 0.0986. The van der Waals surface area contributed by atoms with Gasteiger partial charge in [0, 0.05) is 68.5 Å². The summed E-state index contributed by atoms with van der Waals surface area (Å²) in [5, 5.41) is 0.883. The number of hydrogen-bond acceptors (Lipinski definition) is 6. The topological polar surface area (TPSA) is 62.7 Å². The van der Waals surface area contributed by atoms with Crippen molar-refractivity contribution < 1.29 is 18.7 Å². The van der Waals surface area contributed by atoms with Gasteiger partial charge in [-0.15, -0.1) is 0 Å². The molecule has 0 atom stereocenters. The van der Waals surface area contributed by atoms with Crippen LogP contribution in [0.25, 0.3) is 10.9 Å². The number of likely N-dealkylation sites (N-methyl/N-ethyl adjacent to an activating group) is 1. The smallest absolute Gasteiger partial charge is 0.167 e. The first-order chi connectivity index (χ1) is 19.9. The zero-order chi connectivity index (χ0) is 28.3. The summed E-state index contributed by atoms with van der Waals surface area (Å²) < 4.78 is 20.3. The Balaban J connectivity index is 1.11. The number of ketones is 2. The summed E-state index contributed by atoms with van der Waals surface area (Å²) in [5.74, 6) is 0.0561. The Kier molecular flexibility index (Phi) is 7.90. The molecule has 0 unspecified atom stereocenters. The van der Waals surface area contributed by atoms with E-state index in [4.69, 9.17) is 9.72 Å². The number of aromatic nitrogens is 1. The minimum atomic E-state index is -0.452. The number of fused-ring (bicyclic) bond motifs is 2. The monoisotopic (exact) mass is 551 g/mol. The molecule has 0 amide bonds. The van der Waals surface area contributed by atoms with Gasteiger partial charge in [-0.25, -0.2) is 4.39 Å². The fraction of sp³-hybridized carbons (Fsp3) is 0.324. The van der Waals surface area contributed by atoms with Gasteiger partial charge in [0.05, 0.1) is 17.8 Å². The third kappa shape index (κ3) is 6.21. The standard InChI is InChI=1S/C34H34FN3O3/c1-2-37-12-14-38(15-13-37)22-29-8-6-25-19-26(7-10-31(25)36-29)33(40)20-28-17-23(3-9-30(28)35)18-32(39)27-5-4-24-11-16-41-34(24)21-27/h3-10,17,19,21H,2,11-16,18,20,22H2,1H3. The summed E-state index contributed by atoms with van der Waals surface area (Å²) in [5.41, 5.74) is 5.01. The number of benzene rings is 3. The zero-order valence-corrected chi connectivity index (χ0v) is 23.4. The van der Waals surface area contributed by atoms with E-state index >= 15 is 0 Å². The molecule has 1 fully saturated rings. The second kappa shape index (κ2) is 11.9. The maximum absolute atomic E-state index is 14.7. The molecule has 6 nitrogen and oxygen atoms in total. The molecule has 0 spiro atoms. The molecule has 0 aliphatic carbocycles. The van der Waals surface area contributed by atoms with Gasteiger partial charge in [0.15, 0.2) is 11.6 Å². The van der Waals surface area contributed by atoms with Crippen LogP contribution in [0.1, 0.15) is 50.0 Å². The van der Waals surface area contributed by atoms with Crippen molar-refractivity contribution in [2.45, 2.75) is 32.7 Å². The number of nitrogens with zero attached hydrogens (tertiary/aromatic N) is 3. The molecule has 7 heteroatoms. The lowest BCUT2D eigenvalue weighted by Crippen LogP contribution is -2.45. The Morgan fingerprint density at radius 2 is 1.61 bits per heavy atom. The van der Waals surface area contributed by atoms with E-state index in [9.17, 15) is 14.0 Å². The first-order valence-corrected chi connectivity index (χ1v) is 14.4. The van der Waals surface area contributed by atoms with E-state index in [0.717, 1.165) is 73.6 Å². The van der Waals surface area contributed by atoms with Crippen molar-refractivity contribution in [3.8, 4) is 5.75 Å². The maximum atomic E-state index is 14.7. The van der Waals surface area contributed by atoms with Crippen molar-refractivity contribution >= 4 is 22.5 Å². The number of carbonyl (C=O) groups excluding carboxylic acids is 2. The van der Waals surface area contributed by atoms with E-state index in [0.29, 0.717) is 23.3 Å². The average Bonchev–Trinajstić information content (AvgIpc) is 3.47. The minimum Gasteiger partial charge on any atom is -0.493 e. The van der Waals surface area contributed by atoms with E-state index in [1.807, 2.05) is 36.4 Å². The molecule has 41 heavy (non-hydrogen) atoms. The van der Waals surface area contributed by atoms with E-state index in [1.54, 1.807) is 24.3 Å². The molecule has 0 bridgehead atoms. The number of carbonyl (C=O) groups is 2. The number of halogens is 1. The van der Waals surface area contributed by atoms with Crippen molar-refractivity contribution in [1.82, 2.24) is 14.8 Å². The largest absolute Gasteiger partial charge is 0.493 e. The van der Waals surface area contributed by atoms with Crippen LogP contribution in [-0.4, -0.2) is 65.7 Å². The highest BCUT2D eigenvalue weighted by molar-refractivity contribution is 6.01. The van der Waals surface area contributed by atoms with Crippen LogP contribution in [0.2, 0.25) is 0 Å². The van der Waals surface area contributed by atoms with Crippen LogP contribution >= 0.6 is 0 Å². The summed E-state index contributed by atoms with van der Waals surface area (Å²) in [6, 6.07) is 19.6. The average molecular weight is 552 g/mol. The van der Waals surface area contributed by atoms with E-state index in [2.05, 4.69) is 16.7 Å². The van der Waals surface area contributed by atoms with Crippen molar-refractivity contribution in [2.24, 2.45) is 0 Å². The van der Waals surface area contributed by atoms with Crippen molar-refractivity contribution in [2.75, 3.05) is 39.3 Å². The number of pyridine rings is 1. The number of piperazine rings is 1. The highest BCUT2D eigenvalue weighted by Crippen LogP contribution is 2.27. The van der Waals surface area contributed by atoms with Crippen LogP contribution in [0.15, 0.2) is 66.7 Å². The predicted molar refractivity (Wildman–Crippen MR) is 157 cm³/mol. The Bertz CT molecular complexity index is 1610. The predicted octanol–water partition coefficient (Wildman–Crippen LogP) is 5.30. The molecule has 0 radical (unpaired) electrons. The van der Waals surface area contributed by atoms with Gasteiger partial charge in [-0.05, 0) is 59.6 Å². The highest BCUT2D eigenvalue weighted by Gasteiger charge is 2.18. The molecule has 2 aliphatic rings. The summed E-state index contributed by atoms with van der Waals surface area (Å²) in [7, 11) is 0. The van der Waals surface area contributed by atoms with Crippen LogP contribution in [0.4, 0.5) is 4.39 Å². The fourth-order valence-electron chi connectivity index (χ4n) is 5.70. The normalized spacial score (nSPS) is 15.6. The Labute approximate surface area is 239 Å². The minimum absolute atomic E-state index is 0.0724. The molecule has 3 heterocycles. The highest BCUT2D eigenvalue weighted by atomic mass is 19.1. The molecule has 0 N–H and O–H groups in total. The third-order valence-corrected chi connectivity index (χ3v) is 8.21. The van der Waals surface area contributed by atoms with Gasteiger partial charge in [0.1, 0.15) is 11.6 Å². The Morgan fingerprint density at radius 3 is 2.44 bits per heavy atom. The summed E-state index contributed by atoms with van der Waals surface area (Å²) in [6.07, 6.45) is 0.894. The zero-order valence-electron chi connectivity index (χ0n) is 23.4. The molecule has 210 valence electrons. The molecule has 2 aliphatic heterocycles. The van der Waals surface area contributed by atoms with Crippen molar-refractivity contribution in [3.63, 3.8) is 0 Å². The van der Waals surface area contributed by atoms with Crippen LogP contribution in [-0.2, 0) is 25.8 Å². The molecule has 6 rings (SSSR count). The summed E-state index contributed by atoms with van der Waals surface area (Å²) >= 11 is 0. The third-order valence-electron chi connectivity index (χ3n) is 8.21. The Hall–Kier alpha value is -3.94.